The second-order valence-corrected chi connectivity index (χ2v) is 8.22. The molecule has 6 heteroatoms. The highest BCUT2D eigenvalue weighted by Gasteiger charge is 2.33. The highest BCUT2D eigenvalue weighted by atomic mass is 32.2. The summed E-state index contributed by atoms with van der Waals surface area (Å²) in [7, 11) is -3.68. The van der Waals surface area contributed by atoms with Crippen LogP contribution in [-0.4, -0.2) is 25.5 Å². The van der Waals surface area contributed by atoms with E-state index in [4.69, 9.17) is 5.11 Å². The maximum atomic E-state index is 12.4. The van der Waals surface area contributed by atoms with Crippen LogP contribution in [0.25, 0.3) is 0 Å². The van der Waals surface area contributed by atoms with Crippen LogP contribution in [0.3, 0.4) is 0 Å². The van der Waals surface area contributed by atoms with Gasteiger partial charge in [-0.05, 0) is 49.3 Å². The first-order valence-corrected chi connectivity index (χ1v) is 8.45. The standard InChI is InChI=1S/C15H21NO4S/c1-10-4-5-12(8-13(10)14(17)18)21(19,20)16-11-6-7-15(2,3)9-11/h4-5,8,11,16H,6-7,9H2,1-3H3,(H,17,18). The average Bonchev–Trinajstić information content (AvgIpc) is 2.67. The van der Waals surface area contributed by atoms with Gasteiger partial charge in [0.25, 0.3) is 0 Å². The van der Waals surface area contributed by atoms with E-state index in [1.165, 1.54) is 18.2 Å². The van der Waals surface area contributed by atoms with Crippen molar-refractivity contribution < 1.29 is 18.3 Å². The summed E-state index contributed by atoms with van der Waals surface area (Å²) < 4.78 is 27.5. The van der Waals surface area contributed by atoms with Crippen molar-refractivity contribution >= 4 is 16.0 Å². The smallest absolute Gasteiger partial charge is 0.335 e. The summed E-state index contributed by atoms with van der Waals surface area (Å²) in [6, 6.07) is 4.11. The van der Waals surface area contributed by atoms with Crippen molar-refractivity contribution in [3.63, 3.8) is 0 Å². The molecule has 0 radical (unpaired) electrons. The van der Waals surface area contributed by atoms with E-state index < -0.39 is 16.0 Å². The number of nitrogens with one attached hydrogen (secondary N) is 1. The first-order valence-electron chi connectivity index (χ1n) is 6.97. The van der Waals surface area contributed by atoms with Gasteiger partial charge in [0.2, 0.25) is 10.0 Å². The Labute approximate surface area is 125 Å². The molecule has 0 aliphatic heterocycles. The Morgan fingerprint density at radius 1 is 1.38 bits per heavy atom. The molecule has 1 fully saturated rings. The molecule has 5 nitrogen and oxygen atoms in total. The number of benzene rings is 1. The van der Waals surface area contributed by atoms with Gasteiger partial charge in [0.1, 0.15) is 0 Å². The lowest BCUT2D eigenvalue weighted by Crippen LogP contribution is -2.33. The van der Waals surface area contributed by atoms with Gasteiger partial charge in [-0.2, -0.15) is 0 Å². The number of sulfonamides is 1. The van der Waals surface area contributed by atoms with Crippen LogP contribution in [0, 0.1) is 12.3 Å². The molecule has 0 amide bonds. The zero-order valence-electron chi connectivity index (χ0n) is 12.5. The lowest BCUT2D eigenvalue weighted by molar-refractivity contribution is 0.0696. The Morgan fingerprint density at radius 2 is 2.05 bits per heavy atom. The Hall–Kier alpha value is -1.40. The Balaban J connectivity index is 2.24. The van der Waals surface area contributed by atoms with Gasteiger partial charge in [-0.25, -0.2) is 17.9 Å². The topological polar surface area (TPSA) is 83.5 Å². The summed E-state index contributed by atoms with van der Waals surface area (Å²) in [5.74, 6) is -1.12. The minimum Gasteiger partial charge on any atom is -0.478 e. The molecule has 1 aromatic rings. The Bertz CT molecular complexity index is 664. The first kappa shape index (κ1) is 16.0. The number of aromatic carboxylic acids is 1. The Kier molecular flexibility index (Phi) is 4.13. The van der Waals surface area contributed by atoms with Gasteiger partial charge in [0.15, 0.2) is 0 Å². The molecule has 2 N–H and O–H groups in total. The molecule has 1 aliphatic rings. The zero-order valence-corrected chi connectivity index (χ0v) is 13.3. The molecule has 1 saturated carbocycles. The second kappa shape index (κ2) is 5.42. The third kappa shape index (κ3) is 3.63. The van der Waals surface area contributed by atoms with E-state index in [0.29, 0.717) is 5.56 Å². The van der Waals surface area contributed by atoms with Crippen molar-refractivity contribution in [2.45, 2.75) is 51.0 Å². The molecule has 1 atom stereocenters. The molecule has 0 aromatic heterocycles. The first-order chi connectivity index (χ1) is 9.61. The second-order valence-electron chi connectivity index (χ2n) is 6.51. The maximum Gasteiger partial charge on any atom is 0.335 e. The third-order valence-electron chi connectivity index (χ3n) is 4.04. The van der Waals surface area contributed by atoms with E-state index in [1.54, 1.807) is 6.92 Å². The number of rotatable bonds is 4. The molecule has 0 spiro atoms. The molecule has 1 aliphatic carbocycles. The summed E-state index contributed by atoms with van der Waals surface area (Å²) in [4.78, 5) is 11.1. The number of hydrogen-bond donors (Lipinski definition) is 2. The summed E-state index contributed by atoms with van der Waals surface area (Å²) in [5.41, 5.74) is 0.709. The molecule has 0 heterocycles. The van der Waals surface area contributed by atoms with Crippen LogP contribution in [0.4, 0.5) is 0 Å². The maximum absolute atomic E-state index is 12.4. The van der Waals surface area contributed by atoms with Crippen LogP contribution in [-0.2, 0) is 10.0 Å². The number of carboxylic acids is 1. The minimum absolute atomic E-state index is 0.00945. The van der Waals surface area contributed by atoms with Crippen molar-refractivity contribution in [2.75, 3.05) is 0 Å². The molecular formula is C15H21NO4S. The molecule has 1 aromatic carbocycles. The predicted molar refractivity (Wildman–Crippen MR) is 79.9 cm³/mol. The SMILES string of the molecule is Cc1ccc(S(=O)(=O)NC2CCC(C)(C)C2)cc1C(=O)O. The van der Waals surface area contributed by atoms with Gasteiger partial charge in [-0.1, -0.05) is 19.9 Å². The van der Waals surface area contributed by atoms with Crippen LogP contribution in [0.5, 0.6) is 0 Å². The van der Waals surface area contributed by atoms with Crippen molar-refractivity contribution in [2.24, 2.45) is 5.41 Å². The van der Waals surface area contributed by atoms with E-state index >= 15 is 0 Å². The fraction of sp³-hybridized carbons (Fsp3) is 0.533. The quantitative estimate of drug-likeness (QED) is 0.895. The molecule has 2 rings (SSSR count). The van der Waals surface area contributed by atoms with Gasteiger partial charge < -0.3 is 5.11 Å². The molecule has 0 bridgehead atoms. The molecule has 0 saturated heterocycles. The highest BCUT2D eigenvalue weighted by Crippen LogP contribution is 2.37. The highest BCUT2D eigenvalue weighted by molar-refractivity contribution is 7.89. The van der Waals surface area contributed by atoms with Gasteiger partial charge in [-0.15, -0.1) is 0 Å². The van der Waals surface area contributed by atoms with E-state index in [1.807, 2.05) is 0 Å². The largest absolute Gasteiger partial charge is 0.478 e. The number of carboxylic acid groups (broad SMARTS) is 1. The van der Waals surface area contributed by atoms with Crippen LogP contribution < -0.4 is 4.72 Å². The predicted octanol–water partition coefficient (Wildman–Crippen LogP) is 2.55. The van der Waals surface area contributed by atoms with E-state index in [0.717, 1.165) is 19.3 Å². The minimum atomic E-state index is -3.68. The Morgan fingerprint density at radius 3 is 2.57 bits per heavy atom. The lowest BCUT2D eigenvalue weighted by atomic mass is 9.92. The fourth-order valence-corrected chi connectivity index (χ4v) is 4.12. The summed E-state index contributed by atoms with van der Waals surface area (Å²) >= 11 is 0. The van der Waals surface area contributed by atoms with Crippen molar-refractivity contribution in [3.05, 3.63) is 29.3 Å². The van der Waals surface area contributed by atoms with Crippen LogP contribution in [0.15, 0.2) is 23.1 Å². The number of aryl methyl sites for hydroxylation is 1. The van der Waals surface area contributed by atoms with Crippen LogP contribution in [0.2, 0.25) is 0 Å². The molecule has 116 valence electrons. The van der Waals surface area contributed by atoms with Crippen molar-refractivity contribution in [1.82, 2.24) is 4.72 Å². The van der Waals surface area contributed by atoms with Crippen molar-refractivity contribution in [1.29, 1.82) is 0 Å². The third-order valence-corrected chi connectivity index (χ3v) is 5.56. The summed E-state index contributed by atoms with van der Waals surface area (Å²) in [5, 5.41) is 9.09. The average molecular weight is 311 g/mol. The summed E-state index contributed by atoms with van der Waals surface area (Å²) in [6.07, 6.45) is 2.59. The van der Waals surface area contributed by atoms with E-state index in [-0.39, 0.29) is 21.9 Å². The van der Waals surface area contributed by atoms with E-state index in [2.05, 4.69) is 18.6 Å². The normalized spacial score (nSPS) is 21.4. The van der Waals surface area contributed by atoms with Crippen LogP contribution >= 0.6 is 0 Å². The van der Waals surface area contributed by atoms with Gasteiger partial charge in [-0.3, -0.25) is 0 Å². The number of carbonyl (C=O) groups is 1. The lowest BCUT2D eigenvalue weighted by Gasteiger charge is -2.18. The zero-order chi connectivity index (χ0) is 15.8. The van der Waals surface area contributed by atoms with Gasteiger partial charge >= 0.3 is 5.97 Å². The van der Waals surface area contributed by atoms with Gasteiger partial charge in [0, 0.05) is 6.04 Å². The molecule has 1 unspecified atom stereocenters. The van der Waals surface area contributed by atoms with E-state index in [9.17, 15) is 13.2 Å². The fourth-order valence-electron chi connectivity index (χ4n) is 2.82. The van der Waals surface area contributed by atoms with Gasteiger partial charge in [0.05, 0.1) is 10.5 Å². The number of hydrogen-bond acceptors (Lipinski definition) is 3. The molecule has 21 heavy (non-hydrogen) atoms. The molecular weight excluding hydrogens is 290 g/mol. The summed E-state index contributed by atoms with van der Waals surface area (Å²) in [6.45, 7) is 5.89. The monoisotopic (exact) mass is 311 g/mol. The van der Waals surface area contributed by atoms with Crippen LogP contribution in [0.1, 0.15) is 49.0 Å². The van der Waals surface area contributed by atoms with Crippen molar-refractivity contribution in [3.8, 4) is 0 Å².